The van der Waals surface area contributed by atoms with Crippen molar-refractivity contribution in [1.82, 2.24) is 4.90 Å². The summed E-state index contributed by atoms with van der Waals surface area (Å²) in [5.74, 6) is 0.640. The number of carbonyl (C=O) groups is 1. The third-order valence-corrected chi connectivity index (χ3v) is 8.29. The van der Waals surface area contributed by atoms with Crippen molar-refractivity contribution in [2.75, 3.05) is 25.1 Å². The van der Waals surface area contributed by atoms with Crippen molar-refractivity contribution >= 4 is 11.6 Å². The van der Waals surface area contributed by atoms with Crippen LogP contribution >= 0.6 is 0 Å². The highest BCUT2D eigenvalue weighted by Crippen LogP contribution is 2.67. The van der Waals surface area contributed by atoms with Crippen molar-refractivity contribution in [3.63, 3.8) is 0 Å². The van der Waals surface area contributed by atoms with Crippen LogP contribution in [0.2, 0.25) is 0 Å². The number of nitrogens with zero attached hydrogens (tertiary/aromatic N) is 2. The normalized spacial score (nSPS) is 36.9. The molecule has 1 aliphatic carbocycles. The molecule has 3 fully saturated rings. The van der Waals surface area contributed by atoms with Crippen LogP contribution in [0.3, 0.4) is 0 Å². The van der Waals surface area contributed by atoms with E-state index in [4.69, 9.17) is 4.74 Å². The van der Waals surface area contributed by atoms with Crippen LogP contribution in [0, 0.1) is 5.41 Å². The van der Waals surface area contributed by atoms with Crippen LogP contribution in [0.25, 0.3) is 0 Å². The minimum Gasteiger partial charge on any atom is -0.504 e. The monoisotopic (exact) mass is 370 g/mol. The van der Waals surface area contributed by atoms with Gasteiger partial charge in [0, 0.05) is 24.4 Å². The zero-order valence-electron chi connectivity index (χ0n) is 16.6. The molecule has 1 N–H and O–H groups in total. The molecule has 1 saturated carbocycles. The second-order valence-corrected chi connectivity index (χ2v) is 9.01. The lowest BCUT2D eigenvalue weighted by atomic mass is 9.52. The zero-order chi connectivity index (χ0) is 19.0. The fourth-order valence-corrected chi connectivity index (χ4v) is 7.44. The highest BCUT2D eigenvalue weighted by atomic mass is 16.5. The van der Waals surface area contributed by atoms with Crippen molar-refractivity contribution < 1.29 is 14.6 Å². The van der Waals surface area contributed by atoms with Gasteiger partial charge in [-0.2, -0.15) is 0 Å². The number of methoxy groups -OCH3 is 1. The minimum absolute atomic E-state index is 0.0311. The molecule has 2 saturated heterocycles. The number of benzene rings is 1. The number of ether oxygens (including phenoxy) is 1. The van der Waals surface area contributed by atoms with Gasteiger partial charge in [-0.3, -0.25) is 9.69 Å². The summed E-state index contributed by atoms with van der Waals surface area (Å²) in [6, 6.07) is 4.50. The summed E-state index contributed by atoms with van der Waals surface area (Å²) in [6.07, 6.45) is 7.10. The molecule has 0 aromatic heterocycles. The predicted octanol–water partition coefficient (Wildman–Crippen LogP) is 3.43. The number of aromatic hydroxyl groups is 1. The Morgan fingerprint density at radius 1 is 1.30 bits per heavy atom. The van der Waals surface area contributed by atoms with Crippen molar-refractivity contribution in [2.24, 2.45) is 5.41 Å². The average molecular weight is 370 g/mol. The molecule has 5 rings (SSSR count). The highest BCUT2D eigenvalue weighted by Gasteiger charge is 2.68. The van der Waals surface area contributed by atoms with E-state index in [2.05, 4.69) is 17.9 Å². The fourth-order valence-electron chi connectivity index (χ4n) is 7.44. The van der Waals surface area contributed by atoms with Crippen LogP contribution in [0.5, 0.6) is 11.5 Å². The minimum atomic E-state index is -0.0311. The SMILES string of the molecule is CC[C@@]12CCCN3CC[C@@]4(c5ccc(O)c(OC)c5N(C(C)=O)[C@H]4CC1)[C@H]32. The van der Waals surface area contributed by atoms with Crippen LogP contribution in [-0.2, 0) is 10.2 Å². The van der Waals surface area contributed by atoms with E-state index >= 15 is 0 Å². The van der Waals surface area contributed by atoms with Gasteiger partial charge in [-0.25, -0.2) is 0 Å². The lowest BCUT2D eigenvalue weighted by molar-refractivity contribution is -0.118. The molecule has 1 aromatic rings. The number of rotatable bonds is 2. The summed E-state index contributed by atoms with van der Waals surface area (Å²) in [6.45, 7) is 6.29. The third kappa shape index (κ3) is 1.91. The second-order valence-electron chi connectivity index (χ2n) is 9.01. The molecule has 27 heavy (non-hydrogen) atoms. The van der Waals surface area contributed by atoms with Gasteiger partial charge in [0.25, 0.3) is 0 Å². The summed E-state index contributed by atoms with van der Waals surface area (Å²) in [5.41, 5.74) is 2.37. The van der Waals surface area contributed by atoms with E-state index in [1.165, 1.54) is 37.8 Å². The number of phenols is 1. The Bertz CT molecular complexity index is 809. The first-order valence-corrected chi connectivity index (χ1v) is 10.4. The number of fused-ring (bicyclic) bond motifs is 1. The second kappa shape index (κ2) is 5.63. The average Bonchev–Trinajstić information content (AvgIpc) is 3.19. The zero-order valence-corrected chi connectivity index (χ0v) is 16.6. The molecular weight excluding hydrogens is 340 g/mol. The molecule has 1 amide bonds. The summed E-state index contributed by atoms with van der Waals surface area (Å²) >= 11 is 0. The standard InChI is InChI=1S/C22H30N2O3/c1-4-21-9-5-12-23-13-11-22(20(21)23)15-6-7-16(26)19(27-3)18(15)24(14(2)25)17(22)8-10-21/h6-7,17,20,26H,4-5,8-13H2,1-3H3/t17-,20+,21+,22-/m0/s1. The first-order valence-electron chi connectivity index (χ1n) is 10.4. The highest BCUT2D eigenvalue weighted by molar-refractivity contribution is 5.98. The van der Waals surface area contributed by atoms with E-state index in [1.54, 1.807) is 20.1 Å². The topological polar surface area (TPSA) is 53.0 Å². The summed E-state index contributed by atoms with van der Waals surface area (Å²) in [5, 5.41) is 10.4. The van der Waals surface area contributed by atoms with E-state index in [-0.39, 0.29) is 23.1 Å². The summed E-state index contributed by atoms with van der Waals surface area (Å²) < 4.78 is 5.61. The van der Waals surface area contributed by atoms with Gasteiger partial charge >= 0.3 is 0 Å². The molecule has 1 spiro atoms. The van der Waals surface area contributed by atoms with E-state index in [9.17, 15) is 9.90 Å². The number of carbonyl (C=O) groups excluding carboxylic acids is 1. The largest absolute Gasteiger partial charge is 0.504 e. The van der Waals surface area contributed by atoms with E-state index < -0.39 is 0 Å². The summed E-state index contributed by atoms with van der Waals surface area (Å²) in [7, 11) is 1.59. The maximum Gasteiger partial charge on any atom is 0.224 e. The molecule has 1 aromatic carbocycles. The fraction of sp³-hybridized carbons (Fsp3) is 0.682. The molecular formula is C22H30N2O3. The van der Waals surface area contributed by atoms with Gasteiger partial charge in [-0.15, -0.1) is 0 Å². The van der Waals surface area contributed by atoms with Crippen molar-refractivity contribution in [1.29, 1.82) is 0 Å². The van der Waals surface area contributed by atoms with Gasteiger partial charge in [-0.05, 0) is 68.7 Å². The Kier molecular flexibility index (Phi) is 3.62. The van der Waals surface area contributed by atoms with Gasteiger partial charge in [0.05, 0.1) is 12.8 Å². The molecule has 5 heteroatoms. The quantitative estimate of drug-likeness (QED) is 0.867. The number of anilines is 1. The van der Waals surface area contributed by atoms with Gasteiger partial charge in [0.1, 0.15) is 0 Å². The van der Waals surface area contributed by atoms with E-state index in [0.29, 0.717) is 17.2 Å². The molecule has 3 aliphatic heterocycles. The maximum atomic E-state index is 12.8. The Hall–Kier alpha value is -1.75. The molecule has 4 aliphatic rings. The number of hydrogen-bond donors (Lipinski definition) is 1. The molecule has 4 atom stereocenters. The van der Waals surface area contributed by atoms with E-state index in [0.717, 1.165) is 25.1 Å². The Labute approximate surface area is 161 Å². The first-order chi connectivity index (χ1) is 13.0. The predicted molar refractivity (Wildman–Crippen MR) is 104 cm³/mol. The van der Waals surface area contributed by atoms with Gasteiger partial charge < -0.3 is 14.7 Å². The van der Waals surface area contributed by atoms with Crippen LogP contribution in [0.1, 0.15) is 57.9 Å². The number of hydrogen-bond acceptors (Lipinski definition) is 4. The molecule has 0 bridgehead atoms. The molecule has 0 radical (unpaired) electrons. The van der Waals surface area contributed by atoms with Crippen LogP contribution < -0.4 is 9.64 Å². The van der Waals surface area contributed by atoms with Crippen LogP contribution in [0.15, 0.2) is 12.1 Å². The number of piperidine rings is 1. The molecule has 0 unspecified atom stereocenters. The van der Waals surface area contributed by atoms with Gasteiger partial charge in [0.2, 0.25) is 5.91 Å². The maximum absolute atomic E-state index is 12.8. The van der Waals surface area contributed by atoms with Crippen LogP contribution in [-0.4, -0.2) is 48.2 Å². The van der Waals surface area contributed by atoms with Crippen molar-refractivity contribution in [2.45, 2.75) is 69.9 Å². The Balaban J connectivity index is 1.79. The molecule has 5 nitrogen and oxygen atoms in total. The van der Waals surface area contributed by atoms with Gasteiger partial charge in [-0.1, -0.05) is 13.0 Å². The Morgan fingerprint density at radius 3 is 2.81 bits per heavy atom. The smallest absolute Gasteiger partial charge is 0.224 e. The number of amides is 1. The van der Waals surface area contributed by atoms with Crippen LogP contribution in [0.4, 0.5) is 5.69 Å². The number of phenolic OH excluding ortho intramolecular Hbond substituents is 1. The van der Waals surface area contributed by atoms with E-state index in [1.807, 2.05) is 4.90 Å². The third-order valence-electron chi connectivity index (χ3n) is 8.29. The first kappa shape index (κ1) is 17.4. The molecule has 146 valence electrons. The van der Waals surface area contributed by atoms with Gasteiger partial charge in [0.15, 0.2) is 11.5 Å². The lowest BCUT2D eigenvalue weighted by Gasteiger charge is -2.58. The summed E-state index contributed by atoms with van der Waals surface area (Å²) in [4.78, 5) is 17.5. The lowest BCUT2D eigenvalue weighted by Crippen LogP contribution is -2.65. The molecule has 3 heterocycles. The van der Waals surface area contributed by atoms with Crippen molar-refractivity contribution in [3.05, 3.63) is 17.7 Å². The Morgan fingerprint density at radius 2 is 2.11 bits per heavy atom. The van der Waals surface area contributed by atoms with Crippen molar-refractivity contribution in [3.8, 4) is 11.5 Å².